The fourth-order valence-corrected chi connectivity index (χ4v) is 2.71. The Bertz CT molecular complexity index is 1020. The number of benzene rings is 1. The standard InChI is InChI=1S/C17H14FN5O/c1-22(10-13-8-11-7-12(18)3-4-14(11)20-13)17(24)15-9-16-19-5-2-6-23(16)21-15/h2-9,20H,10H2,1H3. The van der Waals surface area contributed by atoms with E-state index in [1.807, 2.05) is 6.07 Å². The fraction of sp³-hybridized carbons (Fsp3) is 0.118. The van der Waals surface area contributed by atoms with Crippen LogP contribution in [-0.4, -0.2) is 37.4 Å². The SMILES string of the molecule is CN(Cc1cc2cc(F)ccc2[nH]1)C(=O)c1cc2ncccn2n1. The second kappa shape index (κ2) is 5.45. The first-order chi connectivity index (χ1) is 11.6. The minimum Gasteiger partial charge on any atom is -0.357 e. The number of hydrogen-bond acceptors (Lipinski definition) is 3. The molecule has 1 aromatic carbocycles. The van der Waals surface area contributed by atoms with E-state index < -0.39 is 0 Å². The van der Waals surface area contributed by atoms with E-state index in [9.17, 15) is 9.18 Å². The summed E-state index contributed by atoms with van der Waals surface area (Å²) in [6.07, 6.45) is 3.39. The van der Waals surface area contributed by atoms with Gasteiger partial charge in [-0.3, -0.25) is 4.79 Å². The molecule has 6 nitrogen and oxygen atoms in total. The van der Waals surface area contributed by atoms with Gasteiger partial charge in [0.05, 0.1) is 6.54 Å². The molecule has 3 heterocycles. The molecule has 0 atom stereocenters. The van der Waals surface area contributed by atoms with Gasteiger partial charge in [0.1, 0.15) is 5.82 Å². The zero-order valence-corrected chi connectivity index (χ0v) is 12.9. The number of carbonyl (C=O) groups is 1. The van der Waals surface area contributed by atoms with E-state index in [1.165, 1.54) is 12.1 Å². The van der Waals surface area contributed by atoms with E-state index in [0.717, 1.165) is 16.6 Å². The average Bonchev–Trinajstić information content (AvgIpc) is 3.16. The van der Waals surface area contributed by atoms with Crippen LogP contribution >= 0.6 is 0 Å². The first-order valence-corrected chi connectivity index (χ1v) is 7.43. The minimum atomic E-state index is -0.283. The number of nitrogens with zero attached hydrogens (tertiary/aromatic N) is 4. The van der Waals surface area contributed by atoms with Gasteiger partial charge in [-0.2, -0.15) is 5.10 Å². The summed E-state index contributed by atoms with van der Waals surface area (Å²) in [4.78, 5) is 21.4. The molecule has 0 bridgehead atoms. The number of hydrogen-bond donors (Lipinski definition) is 1. The maximum absolute atomic E-state index is 13.3. The van der Waals surface area contributed by atoms with Crippen molar-refractivity contribution in [1.82, 2.24) is 24.5 Å². The molecule has 3 aromatic heterocycles. The summed E-state index contributed by atoms with van der Waals surface area (Å²) in [5, 5.41) is 5.01. The van der Waals surface area contributed by atoms with Gasteiger partial charge in [0.2, 0.25) is 0 Å². The van der Waals surface area contributed by atoms with Gasteiger partial charge >= 0.3 is 0 Å². The number of H-pyrrole nitrogens is 1. The highest BCUT2D eigenvalue weighted by Gasteiger charge is 2.17. The molecule has 0 radical (unpaired) electrons. The Kier molecular flexibility index (Phi) is 3.26. The van der Waals surface area contributed by atoms with Crippen LogP contribution in [-0.2, 0) is 6.54 Å². The molecule has 7 heteroatoms. The smallest absolute Gasteiger partial charge is 0.274 e. The van der Waals surface area contributed by atoms with Crippen molar-refractivity contribution in [3.05, 3.63) is 66.0 Å². The number of halogens is 1. The third-order valence-electron chi connectivity index (χ3n) is 3.85. The molecule has 0 spiro atoms. The van der Waals surface area contributed by atoms with Crippen molar-refractivity contribution in [1.29, 1.82) is 0 Å². The summed E-state index contributed by atoms with van der Waals surface area (Å²) in [5.74, 6) is -0.486. The van der Waals surface area contributed by atoms with Crippen molar-refractivity contribution in [2.75, 3.05) is 7.05 Å². The quantitative estimate of drug-likeness (QED) is 0.630. The Morgan fingerprint density at radius 2 is 2.21 bits per heavy atom. The van der Waals surface area contributed by atoms with Crippen molar-refractivity contribution in [2.45, 2.75) is 6.54 Å². The number of fused-ring (bicyclic) bond motifs is 2. The molecule has 120 valence electrons. The summed E-state index contributed by atoms with van der Waals surface area (Å²) in [5.41, 5.74) is 2.62. The van der Waals surface area contributed by atoms with Crippen LogP contribution < -0.4 is 0 Å². The van der Waals surface area contributed by atoms with E-state index in [-0.39, 0.29) is 11.7 Å². The van der Waals surface area contributed by atoms with Crippen LogP contribution in [0.15, 0.2) is 48.8 Å². The van der Waals surface area contributed by atoms with Gasteiger partial charge in [0.15, 0.2) is 11.3 Å². The molecular formula is C17H14FN5O. The minimum absolute atomic E-state index is 0.203. The molecule has 0 aliphatic heterocycles. The second-order valence-electron chi connectivity index (χ2n) is 5.64. The predicted molar refractivity (Wildman–Crippen MR) is 87.0 cm³/mol. The highest BCUT2D eigenvalue weighted by molar-refractivity contribution is 5.93. The molecule has 0 fully saturated rings. The normalized spacial score (nSPS) is 11.2. The Morgan fingerprint density at radius 1 is 1.33 bits per heavy atom. The lowest BCUT2D eigenvalue weighted by molar-refractivity contribution is 0.0777. The maximum atomic E-state index is 13.3. The highest BCUT2D eigenvalue weighted by Crippen LogP contribution is 2.18. The van der Waals surface area contributed by atoms with E-state index in [1.54, 1.807) is 47.1 Å². The molecule has 0 saturated heterocycles. The van der Waals surface area contributed by atoms with Crippen molar-refractivity contribution < 1.29 is 9.18 Å². The van der Waals surface area contributed by atoms with E-state index in [0.29, 0.717) is 17.9 Å². The summed E-state index contributed by atoms with van der Waals surface area (Å²) in [7, 11) is 1.70. The lowest BCUT2D eigenvalue weighted by Gasteiger charge is -2.14. The van der Waals surface area contributed by atoms with Crippen LogP contribution in [0.5, 0.6) is 0 Å². The third-order valence-corrected chi connectivity index (χ3v) is 3.85. The summed E-state index contributed by atoms with van der Waals surface area (Å²) in [6, 6.07) is 9.80. The second-order valence-corrected chi connectivity index (χ2v) is 5.64. The van der Waals surface area contributed by atoms with E-state index in [4.69, 9.17) is 0 Å². The first kappa shape index (κ1) is 14.4. The van der Waals surface area contributed by atoms with E-state index in [2.05, 4.69) is 15.1 Å². The topological polar surface area (TPSA) is 66.3 Å². The van der Waals surface area contributed by atoms with Gasteiger partial charge in [0.25, 0.3) is 5.91 Å². The largest absolute Gasteiger partial charge is 0.357 e. The molecule has 4 rings (SSSR count). The molecule has 0 aliphatic rings. The summed E-state index contributed by atoms with van der Waals surface area (Å²) >= 11 is 0. The zero-order valence-electron chi connectivity index (χ0n) is 12.9. The first-order valence-electron chi connectivity index (χ1n) is 7.43. The number of rotatable bonds is 3. The fourth-order valence-electron chi connectivity index (χ4n) is 2.71. The molecule has 0 saturated carbocycles. The average molecular weight is 323 g/mol. The summed E-state index contributed by atoms with van der Waals surface area (Å²) in [6.45, 7) is 0.371. The maximum Gasteiger partial charge on any atom is 0.274 e. The Hall–Kier alpha value is -3.22. The number of carbonyl (C=O) groups excluding carboxylic acids is 1. The monoisotopic (exact) mass is 323 g/mol. The van der Waals surface area contributed by atoms with Crippen LogP contribution in [0, 0.1) is 5.82 Å². The molecule has 0 aliphatic carbocycles. The molecule has 0 unspecified atom stereocenters. The number of amides is 1. The van der Waals surface area contributed by atoms with Gasteiger partial charge in [-0.1, -0.05) is 0 Å². The van der Waals surface area contributed by atoms with Gasteiger partial charge in [-0.05, 0) is 30.3 Å². The van der Waals surface area contributed by atoms with Crippen LogP contribution in [0.1, 0.15) is 16.2 Å². The highest BCUT2D eigenvalue weighted by atomic mass is 19.1. The van der Waals surface area contributed by atoms with Gasteiger partial charge in [-0.15, -0.1) is 0 Å². The lowest BCUT2D eigenvalue weighted by Crippen LogP contribution is -2.26. The van der Waals surface area contributed by atoms with Crippen molar-refractivity contribution in [2.24, 2.45) is 0 Å². The third kappa shape index (κ3) is 2.50. The number of aromatic amines is 1. The molecule has 4 aromatic rings. The molecule has 1 amide bonds. The Balaban J connectivity index is 1.57. The zero-order chi connectivity index (χ0) is 16.7. The Morgan fingerprint density at radius 3 is 3.04 bits per heavy atom. The lowest BCUT2D eigenvalue weighted by atomic mass is 10.2. The van der Waals surface area contributed by atoms with Crippen LogP contribution in [0.2, 0.25) is 0 Å². The molecule has 24 heavy (non-hydrogen) atoms. The van der Waals surface area contributed by atoms with Crippen LogP contribution in [0.4, 0.5) is 4.39 Å². The van der Waals surface area contributed by atoms with Gasteiger partial charge in [-0.25, -0.2) is 13.9 Å². The molecular weight excluding hydrogens is 309 g/mol. The van der Waals surface area contributed by atoms with Crippen LogP contribution in [0.25, 0.3) is 16.6 Å². The van der Waals surface area contributed by atoms with Gasteiger partial charge in [0, 0.05) is 42.1 Å². The van der Waals surface area contributed by atoms with Crippen molar-refractivity contribution in [3.8, 4) is 0 Å². The van der Waals surface area contributed by atoms with Crippen LogP contribution in [0.3, 0.4) is 0 Å². The van der Waals surface area contributed by atoms with E-state index >= 15 is 0 Å². The van der Waals surface area contributed by atoms with Crippen molar-refractivity contribution >= 4 is 22.5 Å². The van der Waals surface area contributed by atoms with Crippen molar-refractivity contribution in [3.63, 3.8) is 0 Å². The predicted octanol–water partition coefficient (Wildman–Crippen LogP) is 2.62. The number of nitrogens with one attached hydrogen (secondary N) is 1. The molecule has 1 N–H and O–H groups in total. The number of aromatic nitrogens is 4. The Labute approximate surface area is 136 Å². The summed E-state index contributed by atoms with van der Waals surface area (Å²) < 4.78 is 14.8. The van der Waals surface area contributed by atoms with Gasteiger partial charge < -0.3 is 9.88 Å².